The molecule has 5 aliphatic rings. The summed E-state index contributed by atoms with van der Waals surface area (Å²) in [7, 11) is 0. The lowest BCUT2D eigenvalue weighted by atomic mass is 10.1. The summed E-state index contributed by atoms with van der Waals surface area (Å²) >= 11 is -1.76. The number of carbonyl (C=O) groups is 2. The Morgan fingerprint density at radius 3 is 2.83 bits per heavy atom. The van der Waals surface area contributed by atoms with E-state index in [1.807, 2.05) is 9.80 Å². The zero-order chi connectivity index (χ0) is 28.7. The molecule has 3 fully saturated rings. The fraction of sp³-hybridized carbons (Fsp3) is 0.385. The number of rotatable bonds is 6. The van der Waals surface area contributed by atoms with E-state index < -0.39 is 29.2 Å². The van der Waals surface area contributed by atoms with Crippen LogP contribution in [0.2, 0.25) is 0 Å². The SMILES string of the molecule is O=C1COc2ccc(N3C[C@H](CNC4CN(c5nc6c(cc5F)[S+]([O-])c5c(c[nH]c5O)N6C5CC5)C4)OC3=O)nc2N1. The highest BCUT2D eigenvalue weighted by Crippen LogP contribution is 2.51. The Kier molecular flexibility index (Phi) is 5.67. The van der Waals surface area contributed by atoms with Crippen molar-refractivity contribution in [3.05, 3.63) is 30.2 Å². The summed E-state index contributed by atoms with van der Waals surface area (Å²) in [5.74, 6) is 0.607. The fourth-order valence-electron chi connectivity index (χ4n) is 5.66. The number of aromatic amines is 1. The van der Waals surface area contributed by atoms with E-state index in [4.69, 9.17) is 9.47 Å². The number of nitrogens with zero attached hydrogens (tertiary/aromatic N) is 5. The molecule has 2 amide bonds. The minimum Gasteiger partial charge on any atom is -0.606 e. The van der Waals surface area contributed by atoms with E-state index in [9.17, 15) is 19.2 Å². The molecule has 2 atom stereocenters. The number of anilines is 5. The summed E-state index contributed by atoms with van der Waals surface area (Å²) in [5, 5.41) is 16.2. The summed E-state index contributed by atoms with van der Waals surface area (Å²) in [5.41, 5.74) is 0.609. The average Bonchev–Trinajstić information content (AvgIpc) is 3.61. The van der Waals surface area contributed by atoms with E-state index in [1.165, 1.54) is 11.0 Å². The third-order valence-electron chi connectivity index (χ3n) is 7.91. The minimum atomic E-state index is -1.76. The van der Waals surface area contributed by atoms with Crippen molar-refractivity contribution >= 4 is 52.1 Å². The second kappa shape index (κ2) is 9.37. The number of hydrogen-bond acceptors (Lipinski definition) is 11. The Hall–Kier alpha value is -4.28. The van der Waals surface area contributed by atoms with E-state index >= 15 is 4.39 Å². The first-order valence-electron chi connectivity index (χ1n) is 13.6. The monoisotopic (exact) mass is 596 g/mol. The Balaban J connectivity index is 0.913. The molecule has 0 bridgehead atoms. The first-order chi connectivity index (χ1) is 20.3. The van der Waals surface area contributed by atoms with Crippen LogP contribution in [0.3, 0.4) is 0 Å². The van der Waals surface area contributed by atoms with Crippen molar-refractivity contribution < 1.29 is 33.1 Å². The third kappa shape index (κ3) is 4.08. The summed E-state index contributed by atoms with van der Waals surface area (Å²) < 4.78 is 39.3. The largest absolute Gasteiger partial charge is 0.606 e. The van der Waals surface area contributed by atoms with Crippen molar-refractivity contribution in [2.24, 2.45) is 0 Å². The van der Waals surface area contributed by atoms with Gasteiger partial charge in [-0.05, 0) is 25.0 Å². The Labute approximate surface area is 241 Å². The van der Waals surface area contributed by atoms with Gasteiger partial charge in [0.2, 0.25) is 15.7 Å². The van der Waals surface area contributed by atoms with Crippen LogP contribution in [-0.4, -0.2) is 87.6 Å². The number of carbonyl (C=O) groups excluding carboxylic acids is 2. The van der Waals surface area contributed by atoms with Crippen LogP contribution in [0.4, 0.5) is 38.1 Å². The van der Waals surface area contributed by atoms with Crippen LogP contribution in [0.25, 0.3) is 0 Å². The highest BCUT2D eigenvalue weighted by molar-refractivity contribution is 7.92. The van der Waals surface area contributed by atoms with E-state index in [0.29, 0.717) is 42.7 Å². The predicted octanol–water partition coefficient (Wildman–Crippen LogP) is 1.56. The summed E-state index contributed by atoms with van der Waals surface area (Å²) in [6, 6.07) is 4.72. The third-order valence-corrected chi connectivity index (χ3v) is 9.38. The molecule has 1 aliphatic carbocycles. The van der Waals surface area contributed by atoms with Gasteiger partial charge < -0.3 is 44.6 Å². The van der Waals surface area contributed by atoms with Gasteiger partial charge in [-0.1, -0.05) is 0 Å². The van der Waals surface area contributed by atoms with Crippen molar-refractivity contribution in [1.29, 1.82) is 0 Å². The van der Waals surface area contributed by atoms with Crippen molar-refractivity contribution in [3.8, 4) is 11.6 Å². The Bertz CT molecular complexity index is 1630. The molecule has 7 heterocycles. The highest BCUT2D eigenvalue weighted by atomic mass is 32.2. The van der Waals surface area contributed by atoms with Gasteiger partial charge in [0.15, 0.2) is 35.6 Å². The molecule has 2 saturated heterocycles. The number of H-pyrrole nitrogens is 1. The van der Waals surface area contributed by atoms with Crippen molar-refractivity contribution in [3.63, 3.8) is 0 Å². The first-order valence-corrected chi connectivity index (χ1v) is 14.7. The summed E-state index contributed by atoms with van der Waals surface area (Å²) in [6.45, 7) is 1.55. The molecule has 0 spiro atoms. The molecule has 4 N–H and O–H groups in total. The number of aromatic hydroxyl groups is 1. The van der Waals surface area contributed by atoms with Crippen molar-refractivity contribution in [1.82, 2.24) is 20.3 Å². The second-order valence-electron chi connectivity index (χ2n) is 10.8. The number of aromatic nitrogens is 3. The zero-order valence-electron chi connectivity index (χ0n) is 22.0. The molecule has 8 rings (SSSR count). The molecule has 4 aliphatic heterocycles. The van der Waals surface area contributed by atoms with E-state index in [1.54, 1.807) is 18.3 Å². The van der Waals surface area contributed by atoms with Gasteiger partial charge >= 0.3 is 6.09 Å². The van der Waals surface area contributed by atoms with Gasteiger partial charge in [-0.2, -0.15) is 0 Å². The lowest BCUT2D eigenvalue weighted by Gasteiger charge is -2.41. The molecule has 14 nitrogen and oxygen atoms in total. The number of cyclic esters (lactones) is 1. The molecular weight excluding hydrogens is 571 g/mol. The van der Waals surface area contributed by atoms with E-state index in [0.717, 1.165) is 12.8 Å². The molecule has 3 aromatic rings. The van der Waals surface area contributed by atoms with Crippen LogP contribution in [0.1, 0.15) is 12.8 Å². The fourth-order valence-corrected chi connectivity index (χ4v) is 6.98. The molecular formula is C26H25FN8O6S. The van der Waals surface area contributed by atoms with Crippen LogP contribution < -0.4 is 30.1 Å². The lowest BCUT2D eigenvalue weighted by Crippen LogP contribution is -2.59. The molecule has 16 heteroatoms. The van der Waals surface area contributed by atoms with Crippen molar-refractivity contribution in [2.75, 3.05) is 52.8 Å². The summed E-state index contributed by atoms with van der Waals surface area (Å²) in [6.07, 6.45) is 2.51. The standard InChI is InChI=1S/C26H25FN8O6S/c27-15-5-18-24(35(13-1-2-13)16-7-29-25(37)21(16)42(18)39)32-23(15)33-8-12(9-33)28-6-14-10-34(26(38)41-14)19-4-3-17-22(30-19)31-20(36)11-40-17/h3-5,7,12-14,28-29,37H,1-2,6,8-11H2,(H,30,31,36)/t14-,42?/m0/s1. The zero-order valence-corrected chi connectivity index (χ0v) is 22.8. The Morgan fingerprint density at radius 1 is 1.19 bits per heavy atom. The van der Waals surface area contributed by atoms with Crippen LogP contribution in [0.5, 0.6) is 11.6 Å². The van der Waals surface area contributed by atoms with Crippen molar-refractivity contribution in [2.45, 2.75) is 40.8 Å². The van der Waals surface area contributed by atoms with Crippen LogP contribution in [-0.2, 0) is 20.7 Å². The number of nitrogens with one attached hydrogen (secondary N) is 3. The first kappa shape index (κ1) is 25.4. The van der Waals surface area contributed by atoms with E-state index in [-0.39, 0.29) is 58.4 Å². The maximum atomic E-state index is 15.3. The van der Waals surface area contributed by atoms with Crippen LogP contribution in [0, 0.1) is 5.82 Å². The van der Waals surface area contributed by atoms with Crippen LogP contribution in [0.15, 0.2) is 34.2 Å². The molecule has 218 valence electrons. The number of halogens is 1. The van der Waals surface area contributed by atoms with Gasteiger partial charge in [0, 0.05) is 55.2 Å². The van der Waals surface area contributed by atoms with Gasteiger partial charge in [0.1, 0.15) is 17.6 Å². The van der Waals surface area contributed by atoms with Gasteiger partial charge in [-0.15, -0.1) is 0 Å². The molecule has 1 saturated carbocycles. The number of pyridine rings is 2. The minimum absolute atomic E-state index is 0.0195. The molecule has 1 unspecified atom stereocenters. The number of amides is 2. The quantitative estimate of drug-likeness (QED) is 0.305. The molecule has 42 heavy (non-hydrogen) atoms. The van der Waals surface area contributed by atoms with Gasteiger partial charge in [0.05, 0.1) is 6.54 Å². The smallest absolute Gasteiger partial charge is 0.416 e. The number of fused-ring (bicyclic) bond motifs is 3. The lowest BCUT2D eigenvalue weighted by molar-refractivity contribution is -0.118. The maximum Gasteiger partial charge on any atom is 0.416 e. The second-order valence-corrected chi connectivity index (χ2v) is 12.2. The average molecular weight is 597 g/mol. The van der Waals surface area contributed by atoms with Gasteiger partial charge in [-0.3, -0.25) is 9.69 Å². The summed E-state index contributed by atoms with van der Waals surface area (Å²) in [4.78, 5) is 41.5. The molecule has 0 radical (unpaired) electrons. The van der Waals surface area contributed by atoms with Gasteiger partial charge in [0.25, 0.3) is 5.91 Å². The van der Waals surface area contributed by atoms with Crippen LogP contribution >= 0.6 is 0 Å². The molecule has 3 aromatic heterocycles. The highest BCUT2D eigenvalue weighted by Gasteiger charge is 2.46. The number of hydrogen-bond donors (Lipinski definition) is 4. The Morgan fingerprint density at radius 2 is 2.02 bits per heavy atom. The van der Waals surface area contributed by atoms with Gasteiger partial charge in [-0.25, -0.2) is 19.2 Å². The maximum absolute atomic E-state index is 15.3. The van der Waals surface area contributed by atoms with E-state index in [2.05, 4.69) is 25.6 Å². The topological polar surface area (TPSA) is 171 Å². The predicted molar refractivity (Wildman–Crippen MR) is 146 cm³/mol. The number of ether oxygens (including phenoxy) is 2. The normalized spacial score (nSPS) is 23.0. The molecule has 0 aromatic carbocycles.